The van der Waals surface area contributed by atoms with Crippen molar-refractivity contribution in [3.63, 3.8) is 0 Å². The first-order chi connectivity index (χ1) is 3.55. The summed E-state index contributed by atoms with van der Waals surface area (Å²) in [5.74, 6) is -1.31. The summed E-state index contributed by atoms with van der Waals surface area (Å²) in [6, 6.07) is -1.38. The molecule has 0 aromatic rings. The van der Waals surface area contributed by atoms with Crippen molar-refractivity contribution in [2.45, 2.75) is 12.9 Å². The van der Waals surface area contributed by atoms with Gasteiger partial charge in [-0.2, -0.15) is 0 Å². The molecule has 1 atom stereocenters. The highest BCUT2D eigenvalue weighted by Crippen LogP contribution is 1.68. The fourth-order valence-electron chi connectivity index (χ4n) is 0. The van der Waals surface area contributed by atoms with Crippen molar-refractivity contribution in [1.29, 1.82) is 0 Å². The van der Waals surface area contributed by atoms with Crippen LogP contribution in [-0.4, -0.2) is 17.1 Å². The molecule has 1 unspecified atom stereocenters. The zero-order chi connectivity index (χ0) is 6.73. The minimum absolute atomic E-state index is 1.31. The third-order valence-electron chi connectivity index (χ3n) is 0.285. The number of carboxylic acid groups (broad SMARTS) is 1. The second kappa shape index (κ2) is 1.77. The van der Waals surface area contributed by atoms with Gasteiger partial charge in [0.1, 0.15) is 6.04 Å². The Balaban J connectivity index is 3.64. The van der Waals surface area contributed by atoms with E-state index in [9.17, 15) is 4.79 Å². The first-order valence-electron chi connectivity index (χ1n) is 2.54. The van der Waals surface area contributed by atoms with E-state index in [2.05, 4.69) is 0 Å². The Bertz CT molecular complexity index is 95.3. The van der Waals surface area contributed by atoms with E-state index in [1.54, 1.807) is 0 Å². The Kier molecular flexibility index (Phi) is 0.759. The molecule has 0 saturated heterocycles. The maximum absolute atomic E-state index is 9.78. The van der Waals surface area contributed by atoms with Crippen LogP contribution in [0.1, 0.15) is 9.62 Å². The highest BCUT2D eigenvalue weighted by molar-refractivity contribution is 5.72. The molecule has 0 aromatic carbocycles. The minimum atomic E-state index is -1.48. The van der Waals surface area contributed by atoms with Gasteiger partial charge in [0.05, 0.1) is 0 Å². The lowest BCUT2D eigenvalue weighted by Crippen LogP contribution is -2.25. The average Bonchev–Trinajstić information content (AvgIpc) is 1.64. The number of hydrogen-bond donors (Lipinski definition) is 2. The Morgan fingerprint density at radius 3 is 2.83 bits per heavy atom. The molecule has 0 saturated carbocycles. The molecule has 3 nitrogen and oxygen atoms in total. The lowest BCUT2D eigenvalue weighted by atomic mass is 10.4. The first kappa shape index (κ1) is 2.58. The van der Waals surface area contributed by atoms with E-state index < -0.39 is 18.9 Å². The van der Waals surface area contributed by atoms with Gasteiger partial charge in [-0.1, -0.05) is 0 Å². The fourth-order valence-corrected chi connectivity index (χ4v) is 0. The summed E-state index contributed by atoms with van der Waals surface area (Å²) < 4.78 is 12.9. The van der Waals surface area contributed by atoms with Gasteiger partial charge in [-0.3, -0.25) is 4.79 Å². The second-order valence-electron chi connectivity index (χ2n) is 0.864. The van der Waals surface area contributed by atoms with Crippen molar-refractivity contribution < 1.29 is 12.6 Å². The zero-order valence-corrected chi connectivity index (χ0v) is 3.09. The van der Waals surface area contributed by atoms with E-state index in [4.69, 9.17) is 13.6 Å². The van der Waals surface area contributed by atoms with Gasteiger partial charge in [0, 0.05) is 2.74 Å². The summed E-state index contributed by atoms with van der Waals surface area (Å²) in [7, 11) is 0. The minimum Gasteiger partial charge on any atom is -0.480 e. The van der Waals surface area contributed by atoms with Gasteiger partial charge in [-0.25, -0.2) is 0 Å². The third kappa shape index (κ3) is 1.72. The summed E-state index contributed by atoms with van der Waals surface area (Å²) in [4.78, 5) is 9.78. The van der Waals surface area contributed by atoms with Crippen molar-refractivity contribution >= 4 is 5.97 Å². The molecular formula is C3H7NO2. The highest BCUT2D eigenvalue weighted by Gasteiger charge is 1.99. The van der Waals surface area contributed by atoms with Crippen molar-refractivity contribution in [1.82, 2.24) is 0 Å². The van der Waals surface area contributed by atoms with Crippen LogP contribution >= 0.6 is 0 Å². The van der Waals surface area contributed by atoms with Crippen molar-refractivity contribution in [3.05, 3.63) is 0 Å². The number of rotatable bonds is 1. The Labute approximate surface area is 38.6 Å². The van der Waals surface area contributed by atoms with E-state index in [0.29, 0.717) is 0 Å². The fraction of sp³-hybridized carbons (Fsp3) is 0.667. The number of hydrogen-bond acceptors (Lipinski definition) is 2. The predicted octanol–water partition coefficient (Wildman–Crippen LogP) is -0.582. The van der Waals surface area contributed by atoms with E-state index >= 15 is 0 Å². The summed E-state index contributed by atoms with van der Waals surface area (Å²) >= 11 is 0. The van der Waals surface area contributed by atoms with Crippen molar-refractivity contribution in [2.75, 3.05) is 0 Å². The summed E-state index contributed by atoms with van der Waals surface area (Å²) in [6.45, 7) is -1.48. The quantitative estimate of drug-likeness (QED) is 0.453. The lowest BCUT2D eigenvalue weighted by Gasteiger charge is -1.90. The van der Waals surface area contributed by atoms with Crippen LogP contribution in [0.3, 0.4) is 0 Å². The van der Waals surface area contributed by atoms with Crippen LogP contribution in [0.4, 0.5) is 0 Å². The molecule has 0 aliphatic rings. The normalized spacial score (nSPS) is 19.0. The van der Waals surface area contributed by atoms with Crippen LogP contribution in [0.25, 0.3) is 0 Å². The third-order valence-corrected chi connectivity index (χ3v) is 0.285. The topological polar surface area (TPSA) is 63.3 Å². The molecule has 3 heteroatoms. The molecule has 0 aromatic heterocycles. The zero-order valence-electron chi connectivity index (χ0n) is 5.09. The largest absolute Gasteiger partial charge is 0.480 e. The summed E-state index contributed by atoms with van der Waals surface area (Å²) in [5.41, 5.74) is 4.78. The van der Waals surface area contributed by atoms with Crippen LogP contribution in [0.15, 0.2) is 0 Å². The molecule has 0 rings (SSSR count). The number of aliphatic carboxylic acids is 1. The van der Waals surface area contributed by atoms with E-state index in [-0.39, 0.29) is 0 Å². The Morgan fingerprint density at radius 1 is 2.33 bits per heavy atom. The Hall–Kier alpha value is -0.570. The van der Waals surface area contributed by atoms with E-state index in [0.717, 1.165) is 0 Å². The monoisotopic (exact) mass is 91.1 g/mol. The lowest BCUT2D eigenvalue weighted by molar-refractivity contribution is -0.138. The number of carboxylic acids is 1. The molecule has 0 heterocycles. The molecule has 6 heavy (non-hydrogen) atoms. The van der Waals surface area contributed by atoms with Gasteiger partial charge in [0.25, 0.3) is 0 Å². The molecule has 36 valence electrons. The first-order valence-corrected chi connectivity index (χ1v) is 1.38. The van der Waals surface area contributed by atoms with Gasteiger partial charge < -0.3 is 10.8 Å². The number of nitrogens with two attached hydrogens (primary N) is 1. The van der Waals surface area contributed by atoms with E-state index in [1.165, 1.54) is 0 Å². The smallest absolute Gasteiger partial charge is 0.320 e. The van der Waals surface area contributed by atoms with E-state index in [1.807, 2.05) is 0 Å². The van der Waals surface area contributed by atoms with Gasteiger partial charge in [-0.05, 0) is 6.88 Å². The molecular weight excluding hydrogens is 82.0 g/mol. The molecule has 0 aliphatic carbocycles. The molecule has 0 bridgehead atoms. The average molecular weight is 91.1 g/mol. The van der Waals surface area contributed by atoms with Crippen LogP contribution in [-0.2, 0) is 4.79 Å². The molecule has 0 radical (unpaired) electrons. The molecule has 3 N–H and O–H groups in total. The van der Waals surface area contributed by atoms with Crippen LogP contribution < -0.4 is 5.73 Å². The van der Waals surface area contributed by atoms with Crippen molar-refractivity contribution in [3.8, 4) is 0 Å². The number of carbonyl (C=O) groups is 1. The van der Waals surface area contributed by atoms with Gasteiger partial charge in [0.2, 0.25) is 0 Å². The SMILES string of the molecule is [2H]C([2H])C(N)C(=O)O. The predicted molar refractivity (Wildman–Crippen MR) is 21.3 cm³/mol. The standard InChI is InChI=1S/C3H7NO2/c1-2(4)3(5)6/h2H,4H2,1H3,(H,5,6)/i1D2. The van der Waals surface area contributed by atoms with Crippen LogP contribution in [0, 0.1) is 0 Å². The van der Waals surface area contributed by atoms with Crippen LogP contribution in [0.2, 0.25) is 0 Å². The van der Waals surface area contributed by atoms with Gasteiger partial charge in [-0.15, -0.1) is 0 Å². The van der Waals surface area contributed by atoms with Gasteiger partial charge >= 0.3 is 5.97 Å². The summed E-state index contributed by atoms with van der Waals surface area (Å²) in [6.07, 6.45) is 0. The molecule has 0 fully saturated rings. The van der Waals surface area contributed by atoms with Crippen molar-refractivity contribution in [2.24, 2.45) is 5.73 Å². The summed E-state index contributed by atoms with van der Waals surface area (Å²) in [5, 5.41) is 7.99. The Morgan fingerprint density at radius 2 is 2.83 bits per heavy atom. The molecule has 0 spiro atoms. The van der Waals surface area contributed by atoms with Gasteiger partial charge in [0.15, 0.2) is 0 Å². The maximum atomic E-state index is 9.78. The highest BCUT2D eigenvalue weighted by atomic mass is 16.4. The second-order valence-corrected chi connectivity index (χ2v) is 0.864. The molecule has 0 aliphatic heterocycles. The van der Waals surface area contributed by atoms with Crippen LogP contribution in [0.5, 0.6) is 0 Å². The maximum Gasteiger partial charge on any atom is 0.320 e. The molecule has 0 amide bonds.